The summed E-state index contributed by atoms with van der Waals surface area (Å²) in [4.78, 5) is 2.63. The number of aryl methyl sites for hydroxylation is 1. The van der Waals surface area contributed by atoms with Crippen molar-refractivity contribution in [2.75, 3.05) is 19.6 Å². The van der Waals surface area contributed by atoms with Crippen LogP contribution in [0.15, 0.2) is 6.20 Å². The Morgan fingerprint density at radius 2 is 2.18 bits per heavy atom. The van der Waals surface area contributed by atoms with Crippen LogP contribution in [-0.4, -0.2) is 34.3 Å². The van der Waals surface area contributed by atoms with Gasteiger partial charge in [0.1, 0.15) is 0 Å². The van der Waals surface area contributed by atoms with Crippen molar-refractivity contribution in [3.8, 4) is 0 Å². The number of nitrogens with zero attached hydrogens (tertiary/aromatic N) is 3. The molecule has 0 radical (unpaired) electrons. The maximum Gasteiger partial charge on any atom is 0.0540 e. The molecule has 1 saturated heterocycles. The molecule has 1 aromatic heterocycles. The lowest BCUT2D eigenvalue weighted by molar-refractivity contribution is 0.193. The third-order valence-electron chi connectivity index (χ3n) is 4.41. The van der Waals surface area contributed by atoms with Gasteiger partial charge in [-0.2, -0.15) is 5.10 Å². The molecule has 1 aromatic rings. The summed E-state index contributed by atoms with van der Waals surface area (Å²) in [5.74, 6) is 0.628. The van der Waals surface area contributed by atoms with E-state index >= 15 is 0 Å². The van der Waals surface area contributed by atoms with Crippen molar-refractivity contribution in [2.24, 2.45) is 18.7 Å². The van der Waals surface area contributed by atoms with E-state index in [-0.39, 0.29) is 0 Å². The molecular formula is C13H22N4. The van der Waals surface area contributed by atoms with E-state index in [4.69, 9.17) is 5.73 Å². The normalized spacial score (nSPS) is 29.5. The van der Waals surface area contributed by atoms with Crippen molar-refractivity contribution in [1.29, 1.82) is 0 Å². The molecule has 4 heteroatoms. The van der Waals surface area contributed by atoms with Crippen LogP contribution in [-0.2, 0) is 13.5 Å². The molecule has 0 aromatic carbocycles. The molecule has 2 heterocycles. The topological polar surface area (TPSA) is 47.1 Å². The average Bonchev–Trinajstić information content (AvgIpc) is 2.98. The third kappa shape index (κ3) is 1.89. The number of likely N-dealkylation sites (tertiary alicyclic amines) is 1. The summed E-state index contributed by atoms with van der Waals surface area (Å²) in [6.45, 7) is 3.29. The molecule has 4 nitrogen and oxygen atoms in total. The lowest BCUT2D eigenvalue weighted by atomic mass is 9.83. The minimum Gasteiger partial charge on any atom is -0.330 e. The van der Waals surface area contributed by atoms with E-state index in [1.54, 1.807) is 0 Å². The van der Waals surface area contributed by atoms with Crippen LogP contribution >= 0.6 is 0 Å². The van der Waals surface area contributed by atoms with Gasteiger partial charge >= 0.3 is 0 Å². The fourth-order valence-electron chi connectivity index (χ4n) is 3.39. The third-order valence-corrected chi connectivity index (χ3v) is 4.41. The summed E-state index contributed by atoms with van der Waals surface area (Å²) >= 11 is 0. The number of aromatic nitrogens is 2. The Kier molecular flexibility index (Phi) is 2.92. The van der Waals surface area contributed by atoms with Crippen LogP contribution in [0.25, 0.3) is 0 Å². The minimum absolute atomic E-state index is 0.573. The lowest BCUT2D eigenvalue weighted by Crippen LogP contribution is -2.34. The summed E-state index contributed by atoms with van der Waals surface area (Å²) < 4.78 is 2.04. The van der Waals surface area contributed by atoms with Crippen molar-refractivity contribution in [3.05, 3.63) is 17.5 Å². The summed E-state index contributed by atoms with van der Waals surface area (Å²) in [5.41, 5.74) is 8.76. The Hall–Kier alpha value is -0.870. The van der Waals surface area contributed by atoms with E-state index < -0.39 is 0 Å². The minimum atomic E-state index is 0.573. The molecule has 0 amide bonds. The second-order valence-electron chi connectivity index (χ2n) is 5.47. The molecule has 1 aliphatic carbocycles. The van der Waals surface area contributed by atoms with E-state index in [0.29, 0.717) is 12.0 Å². The molecule has 0 saturated carbocycles. The lowest BCUT2D eigenvalue weighted by Gasteiger charge is -2.35. The van der Waals surface area contributed by atoms with Gasteiger partial charge in [0, 0.05) is 24.3 Å². The number of nitrogens with two attached hydrogens (primary N) is 1. The highest BCUT2D eigenvalue weighted by Crippen LogP contribution is 2.38. The van der Waals surface area contributed by atoms with Gasteiger partial charge in [0.25, 0.3) is 0 Å². The van der Waals surface area contributed by atoms with Gasteiger partial charge in [-0.15, -0.1) is 0 Å². The summed E-state index contributed by atoms with van der Waals surface area (Å²) in [7, 11) is 2.05. The Labute approximate surface area is 103 Å². The highest BCUT2D eigenvalue weighted by Gasteiger charge is 2.33. The monoisotopic (exact) mass is 234 g/mol. The Balaban J connectivity index is 1.92. The van der Waals surface area contributed by atoms with Crippen molar-refractivity contribution < 1.29 is 0 Å². The Morgan fingerprint density at radius 3 is 2.88 bits per heavy atom. The SMILES string of the molecule is Cn1ncc2c1CC(CN)CC2N1CCCC1. The largest absolute Gasteiger partial charge is 0.330 e. The van der Waals surface area contributed by atoms with Gasteiger partial charge in [-0.3, -0.25) is 9.58 Å². The molecule has 1 aliphatic heterocycles. The van der Waals surface area contributed by atoms with Crippen molar-refractivity contribution in [3.63, 3.8) is 0 Å². The molecule has 94 valence electrons. The second-order valence-corrected chi connectivity index (χ2v) is 5.47. The molecule has 1 fully saturated rings. The molecule has 3 rings (SSSR count). The van der Waals surface area contributed by atoms with Gasteiger partial charge in [-0.25, -0.2) is 0 Å². The van der Waals surface area contributed by atoms with E-state index in [9.17, 15) is 0 Å². The molecule has 2 aliphatic rings. The first-order chi connectivity index (χ1) is 8.29. The smallest absolute Gasteiger partial charge is 0.0540 e. The molecule has 0 spiro atoms. The first-order valence-electron chi connectivity index (χ1n) is 6.74. The van der Waals surface area contributed by atoms with Gasteiger partial charge < -0.3 is 5.73 Å². The zero-order chi connectivity index (χ0) is 11.8. The van der Waals surface area contributed by atoms with Crippen LogP contribution in [0.5, 0.6) is 0 Å². The summed E-state index contributed by atoms with van der Waals surface area (Å²) in [6, 6.07) is 0.573. The van der Waals surface area contributed by atoms with Crippen LogP contribution < -0.4 is 5.73 Å². The van der Waals surface area contributed by atoms with Crippen LogP contribution in [0.4, 0.5) is 0 Å². The molecule has 2 unspecified atom stereocenters. The quantitative estimate of drug-likeness (QED) is 0.833. The van der Waals surface area contributed by atoms with E-state index in [1.807, 2.05) is 4.68 Å². The van der Waals surface area contributed by atoms with Crippen LogP contribution in [0.3, 0.4) is 0 Å². The van der Waals surface area contributed by atoms with Crippen LogP contribution in [0.2, 0.25) is 0 Å². The molecule has 2 atom stereocenters. The Bertz CT molecular complexity index is 392. The van der Waals surface area contributed by atoms with Gasteiger partial charge in [0.2, 0.25) is 0 Å². The van der Waals surface area contributed by atoms with Gasteiger partial charge in [-0.1, -0.05) is 0 Å². The predicted octanol–water partition coefficient (Wildman–Crippen LogP) is 1.08. The van der Waals surface area contributed by atoms with Crippen molar-refractivity contribution >= 4 is 0 Å². The summed E-state index contributed by atoms with van der Waals surface area (Å²) in [6.07, 6.45) is 7.09. The predicted molar refractivity (Wildman–Crippen MR) is 67.6 cm³/mol. The second kappa shape index (κ2) is 4.42. The van der Waals surface area contributed by atoms with Gasteiger partial charge in [0.15, 0.2) is 0 Å². The van der Waals surface area contributed by atoms with Crippen LogP contribution in [0, 0.1) is 5.92 Å². The number of fused-ring (bicyclic) bond motifs is 1. The molecule has 0 bridgehead atoms. The number of rotatable bonds is 2. The highest BCUT2D eigenvalue weighted by atomic mass is 15.3. The van der Waals surface area contributed by atoms with Crippen LogP contribution in [0.1, 0.15) is 36.6 Å². The molecule has 2 N–H and O–H groups in total. The zero-order valence-electron chi connectivity index (χ0n) is 10.6. The van der Waals surface area contributed by atoms with Gasteiger partial charge in [0.05, 0.1) is 6.20 Å². The van der Waals surface area contributed by atoms with Gasteiger partial charge in [-0.05, 0) is 51.2 Å². The molecular weight excluding hydrogens is 212 g/mol. The number of hydrogen-bond acceptors (Lipinski definition) is 3. The first-order valence-corrected chi connectivity index (χ1v) is 6.74. The average molecular weight is 234 g/mol. The first kappa shape index (κ1) is 11.2. The van der Waals surface area contributed by atoms with E-state index in [0.717, 1.165) is 13.0 Å². The zero-order valence-corrected chi connectivity index (χ0v) is 10.6. The highest BCUT2D eigenvalue weighted by molar-refractivity contribution is 5.26. The van der Waals surface area contributed by atoms with Crippen molar-refractivity contribution in [1.82, 2.24) is 14.7 Å². The summed E-state index contributed by atoms with van der Waals surface area (Å²) in [5, 5.41) is 4.44. The van der Waals surface area contributed by atoms with E-state index in [1.165, 1.54) is 43.6 Å². The molecule has 17 heavy (non-hydrogen) atoms. The van der Waals surface area contributed by atoms with E-state index in [2.05, 4.69) is 23.2 Å². The maximum absolute atomic E-state index is 5.89. The number of hydrogen-bond donors (Lipinski definition) is 1. The fourth-order valence-corrected chi connectivity index (χ4v) is 3.39. The fraction of sp³-hybridized carbons (Fsp3) is 0.769. The standard InChI is InChI=1S/C13H22N4/c1-16-12-6-10(8-14)7-13(11(12)9-15-16)17-4-2-3-5-17/h9-10,13H,2-8,14H2,1H3. The Morgan fingerprint density at radius 1 is 1.41 bits per heavy atom. The maximum atomic E-state index is 5.89. The van der Waals surface area contributed by atoms with Crippen molar-refractivity contribution in [2.45, 2.75) is 31.7 Å².